The van der Waals surface area contributed by atoms with Crippen molar-refractivity contribution in [3.63, 3.8) is 0 Å². The van der Waals surface area contributed by atoms with Gasteiger partial charge in [0.25, 0.3) is 5.91 Å². The summed E-state index contributed by atoms with van der Waals surface area (Å²) in [6.45, 7) is 2.14. The minimum absolute atomic E-state index is 0.151. The first-order valence-electron chi connectivity index (χ1n) is 8.14. The van der Waals surface area contributed by atoms with Crippen molar-refractivity contribution < 1.29 is 17.9 Å². The van der Waals surface area contributed by atoms with Crippen LogP contribution in [-0.2, 0) is 14.8 Å². The summed E-state index contributed by atoms with van der Waals surface area (Å²) in [6.07, 6.45) is 0.604. The molecule has 0 unspecified atom stereocenters. The summed E-state index contributed by atoms with van der Waals surface area (Å²) in [5.41, 5.74) is 1.96. The zero-order chi connectivity index (χ0) is 18.7. The number of nitrogens with one attached hydrogen (secondary N) is 1. The molecule has 1 N–H and O–H groups in total. The number of amides is 1. The van der Waals surface area contributed by atoms with E-state index in [2.05, 4.69) is 5.32 Å². The number of carbonyl (C=O) groups is 1. The summed E-state index contributed by atoms with van der Waals surface area (Å²) in [4.78, 5) is 12.1. The van der Waals surface area contributed by atoms with Crippen molar-refractivity contribution >= 4 is 38.9 Å². The van der Waals surface area contributed by atoms with Gasteiger partial charge in [-0.05, 0) is 55.3 Å². The number of ether oxygens (including phenoxy) is 1. The van der Waals surface area contributed by atoms with Gasteiger partial charge in [0.1, 0.15) is 5.75 Å². The number of carbonyl (C=O) groups excluding carboxylic acids is 1. The van der Waals surface area contributed by atoms with E-state index in [1.54, 1.807) is 42.5 Å². The Bertz CT molecular complexity index is 913. The largest absolute Gasteiger partial charge is 0.484 e. The van der Waals surface area contributed by atoms with Crippen LogP contribution in [0, 0.1) is 6.92 Å². The Kier molecular flexibility index (Phi) is 5.38. The zero-order valence-corrected chi connectivity index (χ0v) is 15.8. The van der Waals surface area contributed by atoms with Gasteiger partial charge < -0.3 is 10.1 Å². The number of anilines is 2. The van der Waals surface area contributed by atoms with Gasteiger partial charge in [-0.3, -0.25) is 9.10 Å². The van der Waals surface area contributed by atoms with Crippen LogP contribution < -0.4 is 14.4 Å². The van der Waals surface area contributed by atoms with Crippen molar-refractivity contribution in [3.05, 3.63) is 53.1 Å². The Balaban J connectivity index is 1.67. The summed E-state index contributed by atoms with van der Waals surface area (Å²) >= 11 is 5.80. The molecule has 0 radical (unpaired) electrons. The Morgan fingerprint density at radius 1 is 1.23 bits per heavy atom. The molecule has 1 heterocycles. The van der Waals surface area contributed by atoms with Crippen LogP contribution in [0.15, 0.2) is 42.5 Å². The predicted octanol–water partition coefficient (Wildman–Crippen LogP) is 3.21. The fourth-order valence-electron chi connectivity index (χ4n) is 2.74. The van der Waals surface area contributed by atoms with E-state index in [-0.39, 0.29) is 18.3 Å². The summed E-state index contributed by atoms with van der Waals surface area (Å²) in [5.74, 6) is 0.356. The second-order valence-electron chi connectivity index (χ2n) is 6.03. The molecule has 0 atom stereocenters. The molecule has 2 aromatic rings. The number of benzene rings is 2. The molecule has 0 spiro atoms. The normalized spacial score (nSPS) is 15.7. The molecule has 0 bridgehead atoms. The highest BCUT2D eigenvalue weighted by Gasteiger charge is 2.29. The smallest absolute Gasteiger partial charge is 0.262 e. The highest BCUT2D eigenvalue weighted by molar-refractivity contribution is 7.93. The Morgan fingerprint density at radius 2 is 1.96 bits per heavy atom. The third kappa shape index (κ3) is 4.28. The molecule has 0 saturated carbocycles. The second-order valence-corrected chi connectivity index (χ2v) is 8.48. The fraction of sp³-hybridized carbons (Fsp3) is 0.278. The third-order valence-electron chi connectivity index (χ3n) is 4.04. The number of rotatable bonds is 5. The van der Waals surface area contributed by atoms with E-state index in [0.717, 1.165) is 5.56 Å². The monoisotopic (exact) mass is 394 g/mol. The van der Waals surface area contributed by atoms with Gasteiger partial charge in [-0.15, -0.1) is 0 Å². The van der Waals surface area contributed by atoms with Crippen LogP contribution in [0.5, 0.6) is 5.75 Å². The number of halogens is 1. The lowest BCUT2D eigenvalue weighted by atomic mass is 10.1. The average molecular weight is 395 g/mol. The standard InChI is InChI=1S/C18H19ClN2O4S/c1-13-3-6-15(11-17(13)21-9-2-10-26(21,23)24)20-18(22)12-25-16-7-4-14(19)5-8-16/h3-8,11H,2,9-10,12H2,1H3,(H,20,22). The molecule has 1 amide bonds. The van der Waals surface area contributed by atoms with Crippen LogP contribution in [0.25, 0.3) is 0 Å². The highest BCUT2D eigenvalue weighted by Crippen LogP contribution is 2.30. The van der Waals surface area contributed by atoms with Crippen molar-refractivity contribution in [2.24, 2.45) is 0 Å². The van der Waals surface area contributed by atoms with Gasteiger partial charge in [0.2, 0.25) is 10.0 Å². The van der Waals surface area contributed by atoms with Crippen molar-refractivity contribution in [2.45, 2.75) is 13.3 Å². The van der Waals surface area contributed by atoms with Crippen molar-refractivity contribution in [1.82, 2.24) is 0 Å². The van der Waals surface area contributed by atoms with Crippen LogP contribution in [0.2, 0.25) is 5.02 Å². The van der Waals surface area contributed by atoms with E-state index in [1.165, 1.54) is 4.31 Å². The third-order valence-corrected chi connectivity index (χ3v) is 6.15. The van der Waals surface area contributed by atoms with E-state index in [0.29, 0.717) is 35.1 Å². The Labute approximate surface area is 157 Å². The van der Waals surface area contributed by atoms with Gasteiger partial charge in [0, 0.05) is 17.3 Å². The molecule has 138 valence electrons. The molecule has 1 aliphatic heterocycles. The lowest BCUT2D eigenvalue weighted by molar-refractivity contribution is -0.118. The van der Waals surface area contributed by atoms with E-state index in [9.17, 15) is 13.2 Å². The summed E-state index contributed by atoms with van der Waals surface area (Å²) in [6, 6.07) is 11.9. The van der Waals surface area contributed by atoms with E-state index in [4.69, 9.17) is 16.3 Å². The number of nitrogens with zero attached hydrogens (tertiary/aromatic N) is 1. The van der Waals surface area contributed by atoms with E-state index in [1.807, 2.05) is 6.92 Å². The fourth-order valence-corrected chi connectivity index (χ4v) is 4.49. The Morgan fingerprint density at radius 3 is 2.62 bits per heavy atom. The van der Waals surface area contributed by atoms with Crippen LogP contribution in [0.1, 0.15) is 12.0 Å². The molecule has 0 aliphatic carbocycles. The first-order valence-corrected chi connectivity index (χ1v) is 10.1. The van der Waals surface area contributed by atoms with Crippen LogP contribution >= 0.6 is 11.6 Å². The zero-order valence-electron chi connectivity index (χ0n) is 14.2. The van der Waals surface area contributed by atoms with Gasteiger partial charge in [-0.25, -0.2) is 8.42 Å². The quantitative estimate of drug-likeness (QED) is 0.844. The number of hydrogen-bond acceptors (Lipinski definition) is 4. The SMILES string of the molecule is Cc1ccc(NC(=O)COc2ccc(Cl)cc2)cc1N1CCCS1(=O)=O. The van der Waals surface area contributed by atoms with E-state index >= 15 is 0 Å². The number of hydrogen-bond donors (Lipinski definition) is 1. The molecule has 8 heteroatoms. The molecule has 0 aromatic heterocycles. The maximum atomic E-state index is 12.1. The molecule has 1 fully saturated rings. The maximum absolute atomic E-state index is 12.1. The molecule has 26 heavy (non-hydrogen) atoms. The first kappa shape index (κ1) is 18.5. The van der Waals surface area contributed by atoms with Gasteiger partial charge in [0.05, 0.1) is 11.4 Å². The molecule has 1 aliphatic rings. The summed E-state index contributed by atoms with van der Waals surface area (Å²) in [7, 11) is -3.27. The van der Waals surface area contributed by atoms with Gasteiger partial charge in [-0.1, -0.05) is 17.7 Å². The minimum Gasteiger partial charge on any atom is -0.484 e. The molecule has 3 rings (SSSR count). The Hall–Kier alpha value is -2.25. The highest BCUT2D eigenvalue weighted by atomic mass is 35.5. The first-order chi connectivity index (χ1) is 12.3. The summed E-state index contributed by atoms with van der Waals surface area (Å²) < 4.78 is 31.1. The average Bonchev–Trinajstić information content (AvgIpc) is 2.95. The summed E-state index contributed by atoms with van der Waals surface area (Å²) in [5, 5.41) is 3.32. The lowest BCUT2D eigenvalue weighted by Gasteiger charge is -2.20. The second kappa shape index (κ2) is 7.55. The molecular weight excluding hydrogens is 376 g/mol. The number of aryl methyl sites for hydroxylation is 1. The van der Waals surface area contributed by atoms with Crippen molar-refractivity contribution in [2.75, 3.05) is 28.5 Å². The van der Waals surface area contributed by atoms with Crippen molar-refractivity contribution in [3.8, 4) is 5.75 Å². The van der Waals surface area contributed by atoms with E-state index < -0.39 is 10.0 Å². The minimum atomic E-state index is -3.27. The molecule has 1 saturated heterocycles. The van der Waals surface area contributed by atoms with Crippen LogP contribution in [0.3, 0.4) is 0 Å². The molecular formula is C18H19ClN2O4S. The van der Waals surface area contributed by atoms with Crippen molar-refractivity contribution in [1.29, 1.82) is 0 Å². The topological polar surface area (TPSA) is 75.7 Å². The van der Waals surface area contributed by atoms with Crippen LogP contribution in [-0.4, -0.2) is 33.2 Å². The van der Waals surface area contributed by atoms with Gasteiger partial charge in [0.15, 0.2) is 6.61 Å². The predicted molar refractivity (Wildman–Crippen MR) is 103 cm³/mol. The van der Waals surface area contributed by atoms with Gasteiger partial charge in [-0.2, -0.15) is 0 Å². The number of sulfonamides is 1. The molecule has 2 aromatic carbocycles. The van der Waals surface area contributed by atoms with Crippen LogP contribution in [0.4, 0.5) is 11.4 Å². The lowest BCUT2D eigenvalue weighted by Crippen LogP contribution is -2.26. The maximum Gasteiger partial charge on any atom is 0.262 e. The van der Waals surface area contributed by atoms with Gasteiger partial charge >= 0.3 is 0 Å². The molecule has 6 nitrogen and oxygen atoms in total.